The van der Waals surface area contributed by atoms with E-state index in [2.05, 4.69) is 5.32 Å². The molecule has 0 atom stereocenters. The quantitative estimate of drug-likeness (QED) is 0.665. The summed E-state index contributed by atoms with van der Waals surface area (Å²) in [6.07, 6.45) is 1.07. The van der Waals surface area contributed by atoms with Gasteiger partial charge in [-0.25, -0.2) is 8.42 Å². The van der Waals surface area contributed by atoms with Crippen LogP contribution in [0.25, 0.3) is 0 Å². The van der Waals surface area contributed by atoms with Crippen LogP contribution in [0.2, 0.25) is 0 Å². The lowest BCUT2D eigenvalue weighted by Crippen LogP contribution is -2.40. The predicted molar refractivity (Wildman–Crippen MR) is 111 cm³/mol. The second-order valence-corrected chi connectivity index (χ2v) is 8.32. The lowest BCUT2D eigenvalue weighted by atomic mass is 10.1. The van der Waals surface area contributed by atoms with Crippen LogP contribution in [0.15, 0.2) is 36.4 Å². The van der Waals surface area contributed by atoms with E-state index >= 15 is 0 Å². The first-order chi connectivity index (χ1) is 13.7. The van der Waals surface area contributed by atoms with E-state index in [1.165, 1.54) is 21.3 Å². The Morgan fingerprint density at radius 2 is 1.55 bits per heavy atom. The highest BCUT2D eigenvalue weighted by Crippen LogP contribution is 2.38. The number of hydrogen-bond donors (Lipinski definition) is 1. The second-order valence-electron chi connectivity index (χ2n) is 6.42. The third-order valence-electron chi connectivity index (χ3n) is 4.22. The van der Waals surface area contributed by atoms with E-state index in [1.807, 2.05) is 6.92 Å². The fourth-order valence-electron chi connectivity index (χ4n) is 2.74. The zero-order chi connectivity index (χ0) is 21.6. The Labute approximate surface area is 171 Å². The number of carbonyl (C=O) groups excluding carboxylic acids is 1. The van der Waals surface area contributed by atoms with Gasteiger partial charge in [0.1, 0.15) is 6.54 Å². The van der Waals surface area contributed by atoms with E-state index in [1.54, 1.807) is 36.4 Å². The molecule has 2 rings (SSSR count). The SMILES string of the molecule is COc1cc(CNC(=O)CN(c2ccc(C)cc2)S(C)(=O)=O)cc(OC)c1OC. The summed E-state index contributed by atoms with van der Waals surface area (Å²) >= 11 is 0. The highest BCUT2D eigenvalue weighted by Gasteiger charge is 2.21. The summed E-state index contributed by atoms with van der Waals surface area (Å²) in [6, 6.07) is 10.4. The van der Waals surface area contributed by atoms with Gasteiger partial charge in [0.05, 0.1) is 33.3 Å². The standard InChI is InChI=1S/C20H26N2O6S/c1-14-6-8-16(9-7-14)22(29(5,24)25)13-19(23)21-12-15-10-17(26-2)20(28-4)18(11-15)27-3/h6-11H,12-13H2,1-5H3,(H,21,23). The van der Waals surface area contributed by atoms with Crippen molar-refractivity contribution in [3.05, 3.63) is 47.5 Å². The number of carbonyl (C=O) groups is 1. The van der Waals surface area contributed by atoms with Crippen LogP contribution in [0.5, 0.6) is 17.2 Å². The van der Waals surface area contributed by atoms with E-state index in [-0.39, 0.29) is 13.1 Å². The lowest BCUT2D eigenvalue weighted by Gasteiger charge is -2.22. The number of aryl methyl sites for hydroxylation is 1. The Kier molecular flexibility index (Phi) is 7.33. The lowest BCUT2D eigenvalue weighted by molar-refractivity contribution is -0.119. The van der Waals surface area contributed by atoms with Gasteiger partial charge >= 0.3 is 0 Å². The number of amides is 1. The van der Waals surface area contributed by atoms with E-state index in [0.29, 0.717) is 28.5 Å². The summed E-state index contributed by atoms with van der Waals surface area (Å²) in [5.41, 5.74) is 2.14. The number of nitrogens with zero attached hydrogens (tertiary/aromatic N) is 1. The minimum absolute atomic E-state index is 0.168. The molecule has 0 radical (unpaired) electrons. The van der Waals surface area contributed by atoms with E-state index in [4.69, 9.17) is 14.2 Å². The molecule has 0 aliphatic rings. The smallest absolute Gasteiger partial charge is 0.241 e. The molecule has 1 amide bonds. The molecule has 2 aromatic rings. The molecule has 0 aliphatic carbocycles. The average Bonchev–Trinajstić information content (AvgIpc) is 2.69. The Bertz CT molecular complexity index is 932. The molecule has 29 heavy (non-hydrogen) atoms. The number of benzene rings is 2. The summed E-state index contributed by atoms with van der Waals surface area (Å²) in [6.45, 7) is 1.74. The summed E-state index contributed by atoms with van der Waals surface area (Å²) in [4.78, 5) is 12.4. The van der Waals surface area contributed by atoms with Crippen molar-refractivity contribution >= 4 is 21.6 Å². The number of sulfonamides is 1. The summed E-state index contributed by atoms with van der Waals surface area (Å²) in [5, 5.41) is 2.73. The van der Waals surface area contributed by atoms with Crippen molar-refractivity contribution < 1.29 is 27.4 Å². The van der Waals surface area contributed by atoms with Crippen LogP contribution < -0.4 is 23.8 Å². The van der Waals surface area contributed by atoms with Crippen LogP contribution >= 0.6 is 0 Å². The van der Waals surface area contributed by atoms with Gasteiger partial charge in [0.25, 0.3) is 0 Å². The molecule has 0 saturated heterocycles. The molecule has 0 fully saturated rings. The molecule has 0 saturated carbocycles. The number of nitrogens with one attached hydrogen (secondary N) is 1. The molecule has 1 N–H and O–H groups in total. The third kappa shape index (κ3) is 5.77. The van der Waals surface area contributed by atoms with Gasteiger partial charge < -0.3 is 19.5 Å². The molecule has 0 heterocycles. The molecule has 0 aliphatic heterocycles. The molecular formula is C20H26N2O6S. The molecule has 0 unspecified atom stereocenters. The summed E-state index contributed by atoms with van der Waals surface area (Å²) in [5.74, 6) is 0.944. The first-order valence-electron chi connectivity index (χ1n) is 8.79. The summed E-state index contributed by atoms with van der Waals surface area (Å²) < 4.78 is 41.3. The molecule has 0 aromatic heterocycles. The Balaban J connectivity index is 2.14. The van der Waals surface area contributed by atoms with Crippen molar-refractivity contribution in [2.75, 3.05) is 38.4 Å². The Morgan fingerprint density at radius 1 is 1.00 bits per heavy atom. The van der Waals surface area contributed by atoms with Gasteiger partial charge in [-0.15, -0.1) is 0 Å². The van der Waals surface area contributed by atoms with Gasteiger partial charge in [0, 0.05) is 6.54 Å². The zero-order valence-electron chi connectivity index (χ0n) is 17.2. The van der Waals surface area contributed by atoms with Crippen molar-refractivity contribution in [1.82, 2.24) is 5.32 Å². The topological polar surface area (TPSA) is 94.2 Å². The maximum Gasteiger partial charge on any atom is 0.241 e. The van der Waals surface area contributed by atoms with Gasteiger partial charge in [0.15, 0.2) is 11.5 Å². The molecule has 158 valence electrons. The van der Waals surface area contributed by atoms with Crippen molar-refractivity contribution in [3.8, 4) is 17.2 Å². The molecule has 0 bridgehead atoms. The minimum atomic E-state index is -3.62. The van der Waals surface area contributed by atoms with Crippen LogP contribution in [-0.2, 0) is 21.4 Å². The molecule has 8 nitrogen and oxygen atoms in total. The highest BCUT2D eigenvalue weighted by molar-refractivity contribution is 7.92. The number of methoxy groups -OCH3 is 3. The highest BCUT2D eigenvalue weighted by atomic mass is 32.2. The third-order valence-corrected chi connectivity index (χ3v) is 5.36. The van der Waals surface area contributed by atoms with Crippen molar-refractivity contribution in [3.63, 3.8) is 0 Å². The molecule has 2 aromatic carbocycles. The van der Waals surface area contributed by atoms with Crippen molar-refractivity contribution in [2.45, 2.75) is 13.5 Å². The second kappa shape index (κ2) is 9.51. The average molecular weight is 423 g/mol. The van der Waals surface area contributed by atoms with Gasteiger partial charge in [-0.2, -0.15) is 0 Å². The van der Waals surface area contributed by atoms with E-state index < -0.39 is 15.9 Å². The maximum atomic E-state index is 12.4. The minimum Gasteiger partial charge on any atom is -0.493 e. The molecular weight excluding hydrogens is 396 g/mol. The van der Waals surface area contributed by atoms with Crippen LogP contribution in [0.3, 0.4) is 0 Å². The first-order valence-corrected chi connectivity index (χ1v) is 10.6. The number of rotatable bonds is 9. The molecule has 9 heteroatoms. The van der Waals surface area contributed by atoms with Crippen LogP contribution in [-0.4, -0.2) is 48.5 Å². The zero-order valence-corrected chi connectivity index (χ0v) is 18.0. The normalized spacial score (nSPS) is 10.9. The monoisotopic (exact) mass is 422 g/mol. The predicted octanol–water partition coefficient (Wildman–Crippen LogP) is 2.10. The fraction of sp³-hybridized carbons (Fsp3) is 0.350. The van der Waals surface area contributed by atoms with Gasteiger partial charge in [-0.1, -0.05) is 17.7 Å². The van der Waals surface area contributed by atoms with E-state index in [0.717, 1.165) is 16.1 Å². The number of anilines is 1. The van der Waals surface area contributed by atoms with Crippen LogP contribution in [0.4, 0.5) is 5.69 Å². The Hall–Kier alpha value is -2.94. The van der Waals surface area contributed by atoms with Gasteiger partial charge in [-0.3, -0.25) is 9.10 Å². The van der Waals surface area contributed by atoms with Crippen molar-refractivity contribution in [1.29, 1.82) is 0 Å². The van der Waals surface area contributed by atoms with Gasteiger partial charge in [-0.05, 0) is 36.8 Å². The maximum absolute atomic E-state index is 12.4. The fourth-order valence-corrected chi connectivity index (χ4v) is 3.59. The van der Waals surface area contributed by atoms with Gasteiger partial charge in [0.2, 0.25) is 21.7 Å². The number of ether oxygens (including phenoxy) is 3. The first kappa shape index (κ1) is 22.4. The Morgan fingerprint density at radius 3 is 2.00 bits per heavy atom. The van der Waals surface area contributed by atoms with Crippen LogP contribution in [0, 0.1) is 6.92 Å². The van der Waals surface area contributed by atoms with Crippen LogP contribution in [0.1, 0.15) is 11.1 Å². The number of hydrogen-bond acceptors (Lipinski definition) is 6. The van der Waals surface area contributed by atoms with Crippen molar-refractivity contribution in [2.24, 2.45) is 0 Å². The summed E-state index contributed by atoms with van der Waals surface area (Å²) in [7, 11) is 0.894. The molecule has 0 spiro atoms. The van der Waals surface area contributed by atoms with E-state index in [9.17, 15) is 13.2 Å². The largest absolute Gasteiger partial charge is 0.493 e.